The molecule has 0 N–H and O–H groups in total. The first-order chi connectivity index (χ1) is 9.21. The molecule has 0 fully saturated rings. The van der Waals surface area contributed by atoms with Crippen LogP contribution >= 0.6 is 27.3 Å². The van der Waals surface area contributed by atoms with Gasteiger partial charge in [0.15, 0.2) is 0 Å². The molecule has 1 aromatic carbocycles. The summed E-state index contributed by atoms with van der Waals surface area (Å²) in [6, 6.07) is 13.3. The molecular weight excluding hydrogens is 318 g/mol. The minimum Gasteiger partial charge on any atom is -0.198 e. The molecule has 0 spiro atoms. The normalized spacial score (nSPS) is 21.7. The number of hydrogen-bond donors (Lipinski definition) is 0. The van der Waals surface area contributed by atoms with Gasteiger partial charge in [-0.15, -0.1) is 11.3 Å². The molecule has 0 radical (unpaired) electrons. The van der Waals surface area contributed by atoms with Gasteiger partial charge >= 0.3 is 0 Å². The number of aryl methyl sites for hydroxylation is 1. The number of thiophene rings is 1. The van der Waals surface area contributed by atoms with Crippen molar-refractivity contribution in [1.29, 1.82) is 5.26 Å². The van der Waals surface area contributed by atoms with Crippen molar-refractivity contribution in [2.45, 2.75) is 25.7 Å². The van der Waals surface area contributed by atoms with E-state index in [4.69, 9.17) is 0 Å². The van der Waals surface area contributed by atoms with Crippen LogP contribution in [0.25, 0.3) is 0 Å². The lowest BCUT2D eigenvalue weighted by atomic mass is 9.70. The van der Waals surface area contributed by atoms with Crippen LogP contribution in [0.2, 0.25) is 0 Å². The molecule has 1 heterocycles. The number of benzene rings is 1. The largest absolute Gasteiger partial charge is 0.198 e. The van der Waals surface area contributed by atoms with E-state index < -0.39 is 0 Å². The van der Waals surface area contributed by atoms with E-state index in [9.17, 15) is 5.26 Å². The summed E-state index contributed by atoms with van der Waals surface area (Å²) in [5.41, 5.74) is 2.55. The molecule has 2 aromatic rings. The van der Waals surface area contributed by atoms with Crippen molar-refractivity contribution in [2.24, 2.45) is 5.41 Å². The van der Waals surface area contributed by atoms with Crippen molar-refractivity contribution in [3.8, 4) is 6.07 Å². The van der Waals surface area contributed by atoms with Crippen molar-refractivity contribution in [1.82, 2.24) is 0 Å². The van der Waals surface area contributed by atoms with E-state index in [-0.39, 0.29) is 5.41 Å². The lowest BCUT2D eigenvalue weighted by Gasteiger charge is -2.32. The Morgan fingerprint density at radius 1 is 1.32 bits per heavy atom. The van der Waals surface area contributed by atoms with Crippen LogP contribution in [0.15, 0.2) is 40.2 Å². The van der Waals surface area contributed by atoms with Gasteiger partial charge in [-0.1, -0.05) is 24.3 Å². The van der Waals surface area contributed by atoms with Crippen molar-refractivity contribution >= 4 is 27.3 Å². The van der Waals surface area contributed by atoms with E-state index in [1.165, 1.54) is 16.0 Å². The van der Waals surface area contributed by atoms with Crippen LogP contribution in [-0.2, 0) is 19.3 Å². The Hall–Kier alpha value is -1.11. The lowest BCUT2D eigenvalue weighted by molar-refractivity contribution is 0.342. The van der Waals surface area contributed by atoms with Crippen LogP contribution in [-0.4, -0.2) is 0 Å². The number of rotatable bonds is 2. The molecular formula is C16H14BrNS. The smallest absolute Gasteiger partial charge is 0.0697 e. The molecule has 19 heavy (non-hydrogen) atoms. The second-order valence-corrected chi connectivity index (χ2v) is 7.16. The molecule has 3 heteroatoms. The van der Waals surface area contributed by atoms with Crippen LogP contribution in [0.3, 0.4) is 0 Å². The fourth-order valence-electron chi connectivity index (χ4n) is 2.87. The zero-order chi connectivity index (χ0) is 13.3. The highest BCUT2D eigenvalue weighted by Crippen LogP contribution is 2.39. The quantitative estimate of drug-likeness (QED) is 0.778. The standard InChI is InChI=1S/C16H14BrNS/c17-14-7-15(19-10-14)9-16(11-18)6-5-12-3-1-2-4-13(12)8-16/h1-4,7,10H,5-6,8-9H2. The third-order valence-corrected chi connectivity index (χ3v) is 5.59. The lowest BCUT2D eigenvalue weighted by Crippen LogP contribution is -2.29. The SMILES string of the molecule is N#CC1(Cc2cc(Br)cs2)CCc2ccccc2C1. The summed E-state index contributed by atoms with van der Waals surface area (Å²) in [5, 5.41) is 11.8. The summed E-state index contributed by atoms with van der Waals surface area (Å²) in [6.45, 7) is 0. The topological polar surface area (TPSA) is 23.8 Å². The highest BCUT2D eigenvalue weighted by atomic mass is 79.9. The molecule has 1 atom stereocenters. The highest BCUT2D eigenvalue weighted by Gasteiger charge is 2.35. The maximum atomic E-state index is 9.68. The third-order valence-electron chi connectivity index (χ3n) is 3.89. The number of fused-ring (bicyclic) bond motifs is 1. The average molecular weight is 332 g/mol. The van der Waals surface area contributed by atoms with Gasteiger partial charge in [-0.3, -0.25) is 0 Å². The predicted molar refractivity (Wildman–Crippen MR) is 82.2 cm³/mol. The first kappa shape index (κ1) is 12.9. The van der Waals surface area contributed by atoms with Gasteiger partial charge in [0.05, 0.1) is 11.5 Å². The third kappa shape index (κ3) is 2.61. The zero-order valence-corrected chi connectivity index (χ0v) is 12.9. The van der Waals surface area contributed by atoms with E-state index in [0.29, 0.717) is 0 Å². The molecule has 0 saturated heterocycles. The first-order valence-corrected chi connectivity index (χ1v) is 8.09. The van der Waals surface area contributed by atoms with Crippen LogP contribution in [0.5, 0.6) is 0 Å². The van der Waals surface area contributed by atoms with Crippen LogP contribution in [0, 0.1) is 16.7 Å². The number of hydrogen-bond acceptors (Lipinski definition) is 2. The summed E-state index contributed by atoms with van der Waals surface area (Å²) in [5.74, 6) is 0. The number of nitrogens with zero attached hydrogens (tertiary/aromatic N) is 1. The van der Waals surface area contributed by atoms with E-state index in [1.54, 1.807) is 11.3 Å². The highest BCUT2D eigenvalue weighted by molar-refractivity contribution is 9.10. The summed E-state index contributed by atoms with van der Waals surface area (Å²) >= 11 is 5.23. The summed E-state index contributed by atoms with van der Waals surface area (Å²) < 4.78 is 1.12. The molecule has 3 rings (SSSR count). The first-order valence-electron chi connectivity index (χ1n) is 6.42. The molecule has 1 nitrogen and oxygen atoms in total. The molecule has 1 unspecified atom stereocenters. The van der Waals surface area contributed by atoms with Gasteiger partial charge in [-0.25, -0.2) is 0 Å². The van der Waals surface area contributed by atoms with Gasteiger partial charge in [0.1, 0.15) is 0 Å². The molecule has 1 aliphatic rings. The molecule has 1 aromatic heterocycles. The summed E-state index contributed by atoms with van der Waals surface area (Å²) in [7, 11) is 0. The Kier molecular flexibility index (Phi) is 3.47. The van der Waals surface area contributed by atoms with Gasteiger partial charge < -0.3 is 0 Å². The molecule has 1 aliphatic carbocycles. The Morgan fingerprint density at radius 2 is 2.11 bits per heavy atom. The van der Waals surface area contributed by atoms with Crippen molar-refractivity contribution in [3.63, 3.8) is 0 Å². The number of nitriles is 1. The molecule has 0 aliphatic heterocycles. The summed E-state index contributed by atoms with van der Waals surface area (Å²) in [6.07, 6.45) is 3.75. The molecule has 0 saturated carbocycles. The zero-order valence-electron chi connectivity index (χ0n) is 10.5. The number of halogens is 1. The minimum absolute atomic E-state index is 0.224. The minimum atomic E-state index is -0.224. The van der Waals surface area contributed by atoms with Crippen LogP contribution in [0.4, 0.5) is 0 Å². The van der Waals surface area contributed by atoms with E-state index in [1.807, 2.05) is 0 Å². The second-order valence-electron chi connectivity index (χ2n) is 5.25. The van der Waals surface area contributed by atoms with Crippen molar-refractivity contribution in [2.75, 3.05) is 0 Å². The summed E-state index contributed by atoms with van der Waals surface area (Å²) in [4.78, 5) is 1.30. The van der Waals surface area contributed by atoms with E-state index in [0.717, 1.165) is 30.2 Å². The second kappa shape index (κ2) is 5.11. The maximum Gasteiger partial charge on any atom is 0.0697 e. The fourth-order valence-corrected chi connectivity index (χ4v) is 4.46. The Bertz CT molecular complexity index is 640. The maximum absolute atomic E-state index is 9.68. The predicted octanol–water partition coefficient (Wildman–Crippen LogP) is 4.75. The Morgan fingerprint density at radius 3 is 2.79 bits per heavy atom. The van der Waals surface area contributed by atoms with E-state index >= 15 is 0 Å². The monoisotopic (exact) mass is 331 g/mol. The average Bonchev–Trinajstić information content (AvgIpc) is 2.84. The molecule has 96 valence electrons. The van der Waals surface area contributed by atoms with Crippen LogP contribution < -0.4 is 0 Å². The fraction of sp³-hybridized carbons (Fsp3) is 0.312. The van der Waals surface area contributed by atoms with Gasteiger partial charge in [0, 0.05) is 21.2 Å². The Labute approximate surface area is 126 Å². The van der Waals surface area contributed by atoms with Gasteiger partial charge in [0.25, 0.3) is 0 Å². The molecule has 0 amide bonds. The Balaban J connectivity index is 1.88. The van der Waals surface area contributed by atoms with Crippen LogP contribution in [0.1, 0.15) is 22.4 Å². The van der Waals surface area contributed by atoms with Gasteiger partial charge in [0.2, 0.25) is 0 Å². The van der Waals surface area contributed by atoms with Gasteiger partial charge in [-0.2, -0.15) is 5.26 Å². The van der Waals surface area contributed by atoms with E-state index in [2.05, 4.69) is 57.7 Å². The van der Waals surface area contributed by atoms with Crippen molar-refractivity contribution < 1.29 is 0 Å². The van der Waals surface area contributed by atoms with Gasteiger partial charge in [-0.05, 0) is 52.4 Å². The molecule has 0 bridgehead atoms. The van der Waals surface area contributed by atoms with Crippen molar-refractivity contribution in [3.05, 3.63) is 56.2 Å².